The second-order valence-electron chi connectivity index (χ2n) is 10.0. The van der Waals surface area contributed by atoms with E-state index in [1.807, 2.05) is 0 Å². The first-order valence-corrected chi connectivity index (χ1v) is 12.4. The molecule has 9 nitrogen and oxygen atoms in total. The largest absolute Gasteiger partial charge is 0.493 e. The highest BCUT2D eigenvalue weighted by Gasteiger charge is 2.46. The molecule has 0 bridgehead atoms. The summed E-state index contributed by atoms with van der Waals surface area (Å²) in [5.41, 5.74) is 2.94. The van der Waals surface area contributed by atoms with Gasteiger partial charge in [0.05, 0.1) is 36.5 Å². The van der Waals surface area contributed by atoms with Crippen molar-refractivity contribution in [3.05, 3.63) is 41.5 Å². The molecule has 2 fully saturated rings. The maximum absolute atomic E-state index is 15.1. The van der Waals surface area contributed by atoms with Crippen LogP contribution in [0.1, 0.15) is 35.2 Å². The number of nitrogen functional groups attached to an aromatic ring is 1. The van der Waals surface area contributed by atoms with E-state index in [-0.39, 0.29) is 24.2 Å². The van der Waals surface area contributed by atoms with Gasteiger partial charge in [-0.3, -0.25) is 9.59 Å². The van der Waals surface area contributed by atoms with Crippen molar-refractivity contribution in [1.29, 1.82) is 0 Å². The van der Waals surface area contributed by atoms with Gasteiger partial charge in [0.25, 0.3) is 5.91 Å². The first kappa shape index (κ1) is 28.4. The first-order chi connectivity index (χ1) is 19.2. The highest BCUT2D eigenvalue weighted by molar-refractivity contribution is 5.99. The standard InChI is InChI=1S/C25H23F7N6O3/c1-41-20-13(22(39)36-17-9-37(8-16(17)27)23(40)11-2-3-24(28,29)7-11)4-12(5-15(20)26)18-6-14(25(30,31)32)19-21(33)34-10-35-38(18)19/h4-6,10-11,16-17H,2-3,7-9H2,1H3,(H,36,39)(H2,33,34,35)/t11?,16-,17+/m0/s1. The molecular formula is C25H23F7N6O3. The van der Waals surface area contributed by atoms with Gasteiger partial charge in [-0.2, -0.15) is 18.3 Å². The Bertz CT molecular complexity index is 1530. The SMILES string of the molecule is COc1c(F)cc(-c2cc(C(F)(F)F)c3c(N)ncnn23)cc1C(=O)N[C@@H]1CN(C(=O)C2CCC(F)(F)C2)C[C@@H]1F. The van der Waals surface area contributed by atoms with E-state index in [1.54, 1.807) is 0 Å². The van der Waals surface area contributed by atoms with Crippen molar-refractivity contribution in [1.82, 2.24) is 24.8 Å². The fraction of sp³-hybridized carbons (Fsp3) is 0.440. The van der Waals surface area contributed by atoms with E-state index in [9.17, 15) is 35.9 Å². The highest BCUT2D eigenvalue weighted by Crippen LogP contribution is 2.41. The number of halogens is 7. The molecule has 3 atom stereocenters. The number of rotatable bonds is 5. The van der Waals surface area contributed by atoms with E-state index < -0.39 is 95.5 Å². The third-order valence-electron chi connectivity index (χ3n) is 7.31. The molecule has 3 aromatic rings. The van der Waals surface area contributed by atoms with E-state index in [0.717, 1.165) is 35.0 Å². The Hall–Kier alpha value is -4.11. The Balaban J connectivity index is 1.44. The number of alkyl halides is 6. The summed E-state index contributed by atoms with van der Waals surface area (Å²) < 4.78 is 104. The minimum Gasteiger partial charge on any atom is -0.493 e. The molecule has 0 spiro atoms. The Morgan fingerprint density at radius 1 is 1.20 bits per heavy atom. The van der Waals surface area contributed by atoms with Crippen LogP contribution in [0.3, 0.4) is 0 Å². The number of ether oxygens (including phenoxy) is 1. The molecule has 1 aliphatic carbocycles. The van der Waals surface area contributed by atoms with Crippen molar-refractivity contribution < 1.29 is 45.1 Å². The Morgan fingerprint density at radius 2 is 1.93 bits per heavy atom. The van der Waals surface area contributed by atoms with E-state index in [2.05, 4.69) is 15.4 Å². The van der Waals surface area contributed by atoms with Crippen molar-refractivity contribution in [3.63, 3.8) is 0 Å². The van der Waals surface area contributed by atoms with Crippen LogP contribution in [-0.4, -0.2) is 69.6 Å². The van der Waals surface area contributed by atoms with Gasteiger partial charge in [0, 0.05) is 30.9 Å². The van der Waals surface area contributed by atoms with E-state index >= 15 is 4.39 Å². The Morgan fingerprint density at radius 3 is 2.56 bits per heavy atom. The average Bonchev–Trinajstić information content (AvgIpc) is 3.58. The second-order valence-corrected chi connectivity index (χ2v) is 10.0. The van der Waals surface area contributed by atoms with Crippen LogP contribution in [0.25, 0.3) is 16.8 Å². The molecule has 2 amide bonds. The molecule has 1 unspecified atom stereocenters. The van der Waals surface area contributed by atoms with Gasteiger partial charge in [-0.15, -0.1) is 0 Å². The molecule has 16 heteroatoms. The number of nitrogens with zero attached hydrogens (tertiary/aromatic N) is 4. The van der Waals surface area contributed by atoms with Crippen molar-refractivity contribution in [3.8, 4) is 17.0 Å². The lowest BCUT2D eigenvalue weighted by molar-refractivity contribution is -0.136. The van der Waals surface area contributed by atoms with Gasteiger partial charge >= 0.3 is 6.18 Å². The molecule has 3 N–H and O–H groups in total. The van der Waals surface area contributed by atoms with E-state index in [4.69, 9.17) is 10.5 Å². The van der Waals surface area contributed by atoms with Crippen LogP contribution in [0.5, 0.6) is 5.75 Å². The topological polar surface area (TPSA) is 115 Å². The van der Waals surface area contributed by atoms with E-state index in [0.29, 0.717) is 6.07 Å². The summed E-state index contributed by atoms with van der Waals surface area (Å²) in [4.78, 5) is 30.5. The second kappa shape index (κ2) is 10.1. The molecule has 41 heavy (non-hydrogen) atoms. The van der Waals surface area contributed by atoms with Crippen LogP contribution in [0.15, 0.2) is 24.5 Å². The monoisotopic (exact) mass is 588 g/mol. The summed E-state index contributed by atoms with van der Waals surface area (Å²) >= 11 is 0. The van der Waals surface area contributed by atoms with Crippen LogP contribution in [-0.2, 0) is 11.0 Å². The quantitative estimate of drug-likeness (QED) is 0.438. The van der Waals surface area contributed by atoms with Crippen molar-refractivity contribution >= 4 is 23.1 Å². The summed E-state index contributed by atoms with van der Waals surface area (Å²) in [5, 5.41) is 6.15. The molecule has 5 rings (SSSR count). The molecule has 1 aromatic carbocycles. The number of likely N-dealkylation sites (tertiary alicyclic amines) is 1. The number of benzene rings is 1. The number of carbonyl (C=O) groups is 2. The lowest BCUT2D eigenvalue weighted by atomic mass is 10.0. The van der Waals surface area contributed by atoms with Crippen molar-refractivity contribution in [2.75, 3.05) is 25.9 Å². The maximum atomic E-state index is 15.1. The lowest BCUT2D eigenvalue weighted by Gasteiger charge is -2.20. The predicted octanol–water partition coefficient (Wildman–Crippen LogP) is 3.86. The number of hydrogen-bond acceptors (Lipinski definition) is 6. The van der Waals surface area contributed by atoms with Crippen LogP contribution >= 0.6 is 0 Å². The summed E-state index contributed by atoms with van der Waals surface area (Å²) in [6.07, 6.45) is -6.85. The molecule has 3 heterocycles. The number of methoxy groups -OCH3 is 1. The average molecular weight is 588 g/mol. The lowest BCUT2D eigenvalue weighted by Crippen LogP contribution is -2.42. The van der Waals surface area contributed by atoms with Crippen LogP contribution in [0.4, 0.5) is 36.6 Å². The van der Waals surface area contributed by atoms with Gasteiger partial charge in [-0.05, 0) is 24.6 Å². The highest BCUT2D eigenvalue weighted by atomic mass is 19.4. The number of carbonyl (C=O) groups excluding carboxylic acids is 2. The van der Waals surface area contributed by atoms with Crippen LogP contribution in [0, 0.1) is 11.7 Å². The fourth-order valence-electron chi connectivity index (χ4n) is 5.35. The molecule has 1 aliphatic heterocycles. The zero-order chi connectivity index (χ0) is 29.9. The van der Waals surface area contributed by atoms with Gasteiger partial charge in [0.15, 0.2) is 17.4 Å². The van der Waals surface area contributed by atoms with Crippen molar-refractivity contribution in [2.45, 2.75) is 43.6 Å². The van der Waals surface area contributed by atoms with Crippen LogP contribution < -0.4 is 15.8 Å². The zero-order valence-corrected chi connectivity index (χ0v) is 21.3. The van der Waals surface area contributed by atoms with Gasteiger partial charge in [-0.25, -0.2) is 27.1 Å². The van der Waals surface area contributed by atoms with Gasteiger partial charge in [0.1, 0.15) is 18.0 Å². The third-order valence-corrected chi connectivity index (χ3v) is 7.31. The third kappa shape index (κ3) is 5.22. The predicted molar refractivity (Wildman–Crippen MR) is 129 cm³/mol. The smallest absolute Gasteiger partial charge is 0.418 e. The molecular weight excluding hydrogens is 565 g/mol. The first-order valence-electron chi connectivity index (χ1n) is 12.4. The van der Waals surface area contributed by atoms with Gasteiger partial charge < -0.3 is 20.7 Å². The summed E-state index contributed by atoms with van der Waals surface area (Å²) in [7, 11) is 1.06. The fourth-order valence-corrected chi connectivity index (χ4v) is 5.35. The zero-order valence-electron chi connectivity index (χ0n) is 21.3. The van der Waals surface area contributed by atoms with Crippen molar-refractivity contribution in [2.24, 2.45) is 5.92 Å². The summed E-state index contributed by atoms with van der Waals surface area (Å²) in [6, 6.07) is 1.29. The minimum absolute atomic E-state index is 0.0410. The molecule has 1 saturated carbocycles. The number of amides is 2. The number of nitrogens with one attached hydrogen (secondary N) is 1. The molecule has 2 aliphatic rings. The molecule has 2 aromatic heterocycles. The van der Waals surface area contributed by atoms with Gasteiger partial charge in [0.2, 0.25) is 11.8 Å². The maximum Gasteiger partial charge on any atom is 0.418 e. The molecule has 0 radical (unpaired) electrons. The Labute approximate surface area is 227 Å². The number of anilines is 1. The summed E-state index contributed by atoms with van der Waals surface area (Å²) in [6.45, 7) is -0.748. The number of aromatic nitrogens is 3. The Kier molecular flexibility index (Phi) is 6.98. The number of nitrogens with two attached hydrogens (primary N) is 1. The normalized spacial score (nSPS) is 22.3. The van der Waals surface area contributed by atoms with Crippen LogP contribution in [0.2, 0.25) is 0 Å². The molecule has 220 valence electrons. The van der Waals surface area contributed by atoms with Gasteiger partial charge in [-0.1, -0.05) is 0 Å². The number of hydrogen-bond donors (Lipinski definition) is 2. The minimum atomic E-state index is -4.87. The van der Waals surface area contributed by atoms with E-state index in [1.165, 1.54) is 0 Å². The molecule has 1 saturated heterocycles. The summed E-state index contributed by atoms with van der Waals surface area (Å²) in [5.74, 6) is -7.78. The number of fused-ring (bicyclic) bond motifs is 1.